The van der Waals surface area contributed by atoms with Gasteiger partial charge < -0.3 is 4.74 Å². The molecule has 0 aliphatic rings. The zero-order valence-corrected chi connectivity index (χ0v) is 17.7. The number of H-pyrrole nitrogens is 1. The number of rotatable bonds is 6. The van der Waals surface area contributed by atoms with Crippen LogP contribution in [-0.4, -0.2) is 28.5 Å². The van der Waals surface area contributed by atoms with Crippen LogP contribution in [0.25, 0.3) is 5.69 Å². The summed E-state index contributed by atoms with van der Waals surface area (Å²) in [6.07, 6.45) is 0. The number of methoxy groups -OCH3 is 1. The molecule has 0 unspecified atom stereocenters. The highest BCUT2D eigenvalue weighted by molar-refractivity contribution is 6.14. The van der Waals surface area contributed by atoms with Crippen molar-refractivity contribution in [2.24, 2.45) is 5.10 Å². The quantitative estimate of drug-likeness (QED) is 0.364. The number of aromatic nitrogens is 2. The van der Waals surface area contributed by atoms with Crippen LogP contribution in [0.3, 0.4) is 0 Å². The van der Waals surface area contributed by atoms with E-state index in [0.717, 1.165) is 0 Å². The van der Waals surface area contributed by atoms with Crippen molar-refractivity contribution < 1.29 is 9.53 Å². The summed E-state index contributed by atoms with van der Waals surface area (Å²) in [6.45, 7) is 1.80. The van der Waals surface area contributed by atoms with Gasteiger partial charge in [0.05, 0.1) is 18.4 Å². The highest BCUT2D eigenvalue weighted by Crippen LogP contribution is 2.17. The van der Waals surface area contributed by atoms with Crippen molar-refractivity contribution in [1.82, 2.24) is 15.2 Å². The van der Waals surface area contributed by atoms with Crippen LogP contribution in [0.2, 0.25) is 0 Å². The predicted molar refractivity (Wildman–Crippen MR) is 124 cm³/mol. The van der Waals surface area contributed by atoms with Gasteiger partial charge in [-0.2, -0.15) is 5.10 Å². The second-order valence-corrected chi connectivity index (χ2v) is 7.08. The average molecular weight is 426 g/mol. The van der Waals surface area contributed by atoms with Crippen LogP contribution in [-0.2, 0) is 0 Å². The molecule has 4 rings (SSSR count). The number of hydrogen-bond donors (Lipinski definition) is 2. The number of carbonyl (C=O) groups excluding carboxylic acids is 1. The molecule has 3 aromatic carbocycles. The Hall–Kier alpha value is -4.39. The number of para-hydroxylation sites is 1. The van der Waals surface area contributed by atoms with Gasteiger partial charge in [0.15, 0.2) is 0 Å². The number of nitrogens with one attached hydrogen (secondary N) is 2. The van der Waals surface area contributed by atoms with Crippen molar-refractivity contribution in [2.75, 3.05) is 7.11 Å². The first kappa shape index (κ1) is 20.9. The fourth-order valence-electron chi connectivity index (χ4n) is 3.36. The van der Waals surface area contributed by atoms with Crippen LogP contribution in [0, 0.1) is 6.92 Å². The van der Waals surface area contributed by atoms with Gasteiger partial charge in [-0.05, 0) is 55.5 Å². The van der Waals surface area contributed by atoms with Crippen molar-refractivity contribution in [1.29, 1.82) is 0 Å². The molecule has 2 N–H and O–H groups in total. The predicted octanol–water partition coefficient (Wildman–Crippen LogP) is 3.67. The number of aromatic amines is 1. The Balaban J connectivity index is 1.80. The van der Waals surface area contributed by atoms with Gasteiger partial charge in [-0.15, -0.1) is 0 Å². The van der Waals surface area contributed by atoms with Gasteiger partial charge in [0.2, 0.25) is 0 Å². The molecule has 7 heteroatoms. The van der Waals surface area contributed by atoms with Crippen LogP contribution in [0.5, 0.6) is 5.75 Å². The lowest BCUT2D eigenvalue weighted by molar-refractivity contribution is 0.0955. The first-order valence-electron chi connectivity index (χ1n) is 10.0. The maximum Gasteiger partial charge on any atom is 0.281 e. The minimum atomic E-state index is -0.367. The molecule has 7 nitrogen and oxygen atoms in total. The lowest BCUT2D eigenvalue weighted by atomic mass is 10.0. The molecule has 0 aliphatic carbocycles. The summed E-state index contributed by atoms with van der Waals surface area (Å²) in [5.74, 6) is 0.307. The van der Waals surface area contributed by atoms with Crippen LogP contribution in [0.1, 0.15) is 27.2 Å². The first-order chi connectivity index (χ1) is 15.6. The van der Waals surface area contributed by atoms with Crippen LogP contribution >= 0.6 is 0 Å². The molecule has 1 aromatic heterocycles. The van der Waals surface area contributed by atoms with Crippen LogP contribution in [0.15, 0.2) is 94.8 Å². The number of benzene rings is 3. The van der Waals surface area contributed by atoms with Gasteiger partial charge in [0, 0.05) is 16.8 Å². The maximum absolute atomic E-state index is 13.4. The molecule has 0 spiro atoms. The molecular weight excluding hydrogens is 404 g/mol. The Morgan fingerprint density at radius 3 is 2.16 bits per heavy atom. The number of hydrazone groups is 1. The van der Waals surface area contributed by atoms with Crippen molar-refractivity contribution >= 4 is 11.6 Å². The number of amides is 1. The molecule has 0 atom stereocenters. The Morgan fingerprint density at radius 1 is 0.906 bits per heavy atom. The summed E-state index contributed by atoms with van der Waals surface area (Å²) in [4.78, 5) is 25.9. The summed E-state index contributed by atoms with van der Waals surface area (Å²) in [5.41, 5.74) is 5.50. The van der Waals surface area contributed by atoms with E-state index in [9.17, 15) is 9.59 Å². The molecule has 32 heavy (non-hydrogen) atoms. The summed E-state index contributed by atoms with van der Waals surface area (Å²) < 4.78 is 6.70. The van der Waals surface area contributed by atoms with Crippen molar-refractivity contribution in [3.05, 3.63) is 118 Å². The topological polar surface area (TPSA) is 88.5 Å². The summed E-state index contributed by atoms with van der Waals surface area (Å²) in [5, 5.41) is 7.47. The van der Waals surface area contributed by atoms with Gasteiger partial charge >= 0.3 is 0 Å². The fourth-order valence-corrected chi connectivity index (χ4v) is 3.36. The highest BCUT2D eigenvalue weighted by Gasteiger charge is 2.20. The van der Waals surface area contributed by atoms with E-state index in [1.54, 1.807) is 62.6 Å². The third-order valence-electron chi connectivity index (χ3n) is 4.99. The summed E-state index contributed by atoms with van der Waals surface area (Å²) in [7, 11) is 1.58. The molecule has 0 radical (unpaired) electrons. The van der Waals surface area contributed by atoms with E-state index < -0.39 is 0 Å². The Morgan fingerprint density at radius 2 is 1.53 bits per heavy atom. The smallest absolute Gasteiger partial charge is 0.281 e. The number of carbonyl (C=O) groups is 1. The highest BCUT2D eigenvalue weighted by atomic mass is 16.5. The van der Waals surface area contributed by atoms with Crippen molar-refractivity contribution in [3.8, 4) is 11.4 Å². The molecule has 160 valence electrons. The minimum absolute atomic E-state index is 0.266. The van der Waals surface area contributed by atoms with Crippen LogP contribution in [0.4, 0.5) is 0 Å². The lowest BCUT2D eigenvalue weighted by Crippen LogP contribution is -2.25. The minimum Gasteiger partial charge on any atom is -0.497 e. The molecule has 0 saturated heterocycles. The molecule has 1 heterocycles. The zero-order chi connectivity index (χ0) is 22.5. The maximum atomic E-state index is 13.4. The first-order valence-corrected chi connectivity index (χ1v) is 10.0. The van der Waals surface area contributed by atoms with Gasteiger partial charge in [-0.25, -0.2) is 10.1 Å². The van der Waals surface area contributed by atoms with Gasteiger partial charge in [0.25, 0.3) is 11.5 Å². The third kappa shape index (κ3) is 4.22. The Labute approximate surface area is 185 Å². The SMILES string of the molecule is COc1ccc(/C(=N\NC(=O)c2ccccc2)c2c(C)[nH]n(-c3ccccc3)c2=O)cc1. The number of nitrogens with zero attached hydrogens (tertiary/aromatic N) is 2. The zero-order valence-electron chi connectivity index (χ0n) is 17.7. The van der Waals surface area contributed by atoms with E-state index in [2.05, 4.69) is 15.6 Å². The van der Waals surface area contributed by atoms with E-state index in [-0.39, 0.29) is 11.5 Å². The molecule has 0 saturated carbocycles. The third-order valence-corrected chi connectivity index (χ3v) is 4.99. The van der Waals surface area contributed by atoms with Gasteiger partial charge in [0.1, 0.15) is 11.5 Å². The second-order valence-electron chi connectivity index (χ2n) is 7.08. The van der Waals surface area contributed by atoms with Crippen molar-refractivity contribution in [3.63, 3.8) is 0 Å². The fraction of sp³-hybridized carbons (Fsp3) is 0.0800. The Kier molecular flexibility index (Phi) is 5.98. The number of ether oxygens (including phenoxy) is 1. The molecule has 0 fully saturated rings. The Bertz CT molecular complexity index is 1310. The average Bonchev–Trinajstić information content (AvgIpc) is 3.14. The second kappa shape index (κ2) is 9.18. The van der Waals surface area contributed by atoms with E-state index in [0.29, 0.717) is 39.5 Å². The van der Waals surface area contributed by atoms with Gasteiger partial charge in [-0.1, -0.05) is 36.4 Å². The van der Waals surface area contributed by atoms with Crippen molar-refractivity contribution in [2.45, 2.75) is 6.92 Å². The molecule has 0 bridgehead atoms. The monoisotopic (exact) mass is 426 g/mol. The number of aryl methyl sites for hydroxylation is 1. The summed E-state index contributed by atoms with van der Waals surface area (Å²) in [6, 6.07) is 25.2. The molecule has 0 aliphatic heterocycles. The molecular formula is C25H22N4O3. The molecule has 4 aromatic rings. The van der Waals surface area contributed by atoms with Crippen LogP contribution < -0.4 is 15.7 Å². The van der Waals surface area contributed by atoms with E-state index >= 15 is 0 Å². The van der Waals surface area contributed by atoms with E-state index in [1.807, 2.05) is 36.4 Å². The molecule has 1 amide bonds. The van der Waals surface area contributed by atoms with E-state index in [4.69, 9.17) is 4.74 Å². The largest absolute Gasteiger partial charge is 0.497 e. The lowest BCUT2D eigenvalue weighted by Gasteiger charge is -2.08. The normalized spacial score (nSPS) is 11.2. The standard InChI is InChI=1S/C25H22N4O3/c1-17-22(25(31)29(28-17)20-11-7-4-8-12-20)23(18-13-15-21(32-2)16-14-18)26-27-24(30)19-9-5-3-6-10-19/h3-16,28H,1-2H3,(H,27,30)/b26-23+. The number of hydrogen-bond acceptors (Lipinski definition) is 4. The van der Waals surface area contributed by atoms with E-state index in [1.165, 1.54) is 4.68 Å². The summed E-state index contributed by atoms with van der Waals surface area (Å²) >= 11 is 0. The van der Waals surface area contributed by atoms with Gasteiger partial charge in [-0.3, -0.25) is 14.7 Å².